The van der Waals surface area contributed by atoms with Gasteiger partial charge in [0.1, 0.15) is 0 Å². The van der Waals surface area contributed by atoms with Crippen molar-refractivity contribution in [2.75, 3.05) is 13.2 Å². The van der Waals surface area contributed by atoms with Crippen molar-refractivity contribution in [3.63, 3.8) is 0 Å². The van der Waals surface area contributed by atoms with Crippen molar-refractivity contribution in [3.05, 3.63) is 24.3 Å². The van der Waals surface area contributed by atoms with Gasteiger partial charge in [-0.15, -0.1) is 0 Å². The summed E-state index contributed by atoms with van der Waals surface area (Å²) in [5.74, 6) is -0.0511. The van der Waals surface area contributed by atoms with Crippen molar-refractivity contribution in [3.8, 4) is 0 Å². The van der Waals surface area contributed by atoms with Gasteiger partial charge in [0.2, 0.25) is 5.91 Å². The summed E-state index contributed by atoms with van der Waals surface area (Å²) in [4.78, 5) is 24.5. The standard InChI is InChI=1S/C66H127NO5/c1-3-5-7-9-11-13-15-17-18-29-33-36-40-44-48-52-56-60-66(71)72-61-57-53-49-45-41-37-34-31-28-26-24-22-20-19-21-23-25-27-30-32-35-39-43-47-51-55-59-65(70)67-63(62-68)64(69)58-54-50-46-42-38-16-14-12-10-8-6-4-2/h19,21,54,58,63-64,68-69H,3-18,20,22-53,55-57,59-62H2,1-2H3,(H,67,70)/b21-19-,58-54+. The molecule has 0 aromatic rings. The molecule has 2 atom stereocenters. The fraction of sp³-hybridized carbons (Fsp3) is 0.909. The van der Waals surface area contributed by atoms with Gasteiger partial charge in [-0.1, -0.05) is 314 Å². The Morgan fingerprint density at radius 2 is 0.653 bits per heavy atom. The van der Waals surface area contributed by atoms with Gasteiger partial charge in [-0.25, -0.2) is 0 Å². The van der Waals surface area contributed by atoms with E-state index in [2.05, 4.69) is 31.3 Å². The fourth-order valence-corrected chi connectivity index (χ4v) is 10.2. The highest BCUT2D eigenvalue weighted by Gasteiger charge is 2.18. The van der Waals surface area contributed by atoms with Crippen molar-refractivity contribution < 1.29 is 24.5 Å². The van der Waals surface area contributed by atoms with E-state index in [0.717, 1.165) is 38.5 Å². The van der Waals surface area contributed by atoms with Crippen LogP contribution in [0, 0.1) is 0 Å². The zero-order valence-electron chi connectivity index (χ0n) is 48.7. The van der Waals surface area contributed by atoms with Gasteiger partial charge in [0, 0.05) is 12.8 Å². The lowest BCUT2D eigenvalue weighted by atomic mass is 10.0. The van der Waals surface area contributed by atoms with E-state index in [9.17, 15) is 19.8 Å². The molecule has 0 saturated heterocycles. The zero-order valence-corrected chi connectivity index (χ0v) is 48.7. The summed E-state index contributed by atoms with van der Waals surface area (Å²) < 4.78 is 5.50. The molecule has 0 spiro atoms. The second-order valence-electron chi connectivity index (χ2n) is 22.5. The van der Waals surface area contributed by atoms with E-state index in [4.69, 9.17) is 4.74 Å². The summed E-state index contributed by atoms with van der Waals surface area (Å²) in [6.45, 7) is 4.92. The molecule has 0 aliphatic carbocycles. The Balaban J connectivity index is 3.37. The Hall–Kier alpha value is -1.66. The SMILES string of the molecule is CCCCCCCCCCCC/C=C/C(O)C(CO)NC(=O)CCCCCCCCCCCC/C=C\CCCCCCCCCCCCCCOC(=O)CCCCCCCCCCCCCCCCCCC. The van der Waals surface area contributed by atoms with Crippen LogP contribution < -0.4 is 5.32 Å². The van der Waals surface area contributed by atoms with Crippen LogP contribution in [-0.2, 0) is 14.3 Å². The molecule has 72 heavy (non-hydrogen) atoms. The average Bonchev–Trinajstić information content (AvgIpc) is 3.38. The molecule has 1 amide bonds. The summed E-state index contributed by atoms with van der Waals surface area (Å²) in [5, 5.41) is 23.1. The van der Waals surface area contributed by atoms with Crippen LogP contribution in [0.15, 0.2) is 24.3 Å². The third-order valence-corrected chi connectivity index (χ3v) is 15.2. The van der Waals surface area contributed by atoms with Gasteiger partial charge >= 0.3 is 5.97 Å². The molecule has 0 rings (SSSR count). The predicted molar refractivity (Wildman–Crippen MR) is 315 cm³/mol. The molecule has 0 aliphatic heterocycles. The lowest BCUT2D eigenvalue weighted by Gasteiger charge is -2.20. The number of rotatable bonds is 61. The minimum Gasteiger partial charge on any atom is -0.466 e. The summed E-state index contributed by atoms with van der Waals surface area (Å²) in [6.07, 6.45) is 76.7. The lowest BCUT2D eigenvalue weighted by Crippen LogP contribution is -2.45. The third kappa shape index (κ3) is 57.6. The first kappa shape index (κ1) is 70.3. The van der Waals surface area contributed by atoms with Gasteiger partial charge in [-0.05, 0) is 57.8 Å². The van der Waals surface area contributed by atoms with Crippen LogP contribution in [0.1, 0.15) is 361 Å². The van der Waals surface area contributed by atoms with Gasteiger partial charge in [0.05, 0.1) is 25.4 Å². The molecule has 3 N–H and O–H groups in total. The Labute approximate surface area is 450 Å². The number of unbranched alkanes of at least 4 members (excludes halogenated alkanes) is 48. The van der Waals surface area contributed by atoms with Gasteiger partial charge in [-0.3, -0.25) is 9.59 Å². The Morgan fingerprint density at radius 1 is 0.375 bits per heavy atom. The number of hydrogen-bond donors (Lipinski definition) is 3. The fourth-order valence-electron chi connectivity index (χ4n) is 10.2. The van der Waals surface area contributed by atoms with Crippen LogP contribution in [0.2, 0.25) is 0 Å². The number of aliphatic hydroxyl groups is 2. The van der Waals surface area contributed by atoms with Crippen LogP contribution in [0.4, 0.5) is 0 Å². The Morgan fingerprint density at radius 3 is 0.986 bits per heavy atom. The van der Waals surface area contributed by atoms with Crippen molar-refractivity contribution in [2.45, 2.75) is 373 Å². The molecule has 0 aliphatic rings. The van der Waals surface area contributed by atoms with E-state index in [1.807, 2.05) is 6.08 Å². The summed E-state index contributed by atoms with van der Waals surface area (Å²) in [6, 6.07) is -0.628. The molecule has 0 aromatic carbocycles. The number of aliphatic hydroxyl groups excluding tert-OH is 2. The first-order chi connectivity index (χ1) is 35.5. The zero-order chi connectivity index (χ0) is 52.2. The largest absolute Gasteiger partial charge is 0.466 e. The molecule has 0 heterocycles. The quantitative estimate of drug-likeness (QED) is 0.0320. The second-order valence-corrected chi connectivity index (χ2v) is 22.5. The van der Waals surface area contributed by atoms with Crippen molar-refractivity contribution in [1.29, 1.82) is 0 Å². The lowest BCUT2D eigenvalue weighted by molar-refractivity contribution is -0.143. The van der Waals surface area contributed by atoms with Crippen LogP contribution in [0.25, 0.3) is 0 Å². The molecule has 6 heteroatoms. The molecule has 2 unspecified atom stereocenters. The van der Waals surface area contributed by atoms with Gasteiger partial charge in [0.15, 0.2) is 0 Å². The maximum Gasteiger partial charge on any atom is 0.305 e. The topological polar surface area (TPSA) is 95.9 Å². The number of hydrogen-bond acceptors (Lipinski definition) is 5. The number of carbonyl (C=O) groups is 2. The molecule has 0 fully saturated rings. The molecule has 0 aromatic heterocycles. The van der Waals surface area contributed by atoms with Gasteiger partial charge in [0.25, 0.3) is 0 Å². The maximum atomic E-state index is 12.4. The van der Waals surface area contributed by atoms with E-state index < -0.39 is 12.1 Å². The molecule has 0 saturated carbocycles. The third-order valence-electron chi connectivity index (χ3n) is 15.2. The monoisotopic (exact) mass is 1010 g/mol. The minimum absolute atomic E-state index is 0.0182. The van der Waals surface area contributed by atoms with E-state index >= 15 is 0 Å². The van der Waals surface area contributed by atoms with Crippen molar-refractivity contribution in [2.24, 2.45) is 0 Å². The summed E-state index contributed by atoms with van der Waals surface area (Å²) >= 11 is 0. The minimum atomic E-state index is -0.844. The number of nitrogens with one attached hydrogen (secondary N) is 1. The summed E-state index contributed by atoms with van der Waals surface area (Å²) in [5.41, 5.74) is 0. The number of ether oxygens (including phenoxy) is 1. The van der Waals surface area contributed by atoms with Gasteiger partial charge in [-0.2, -0.15) is 0 Å². The Bertz CT molecular complexity index is 1120. The first-order valence-electron chi connectivity index (χ1n) is 32.6. The average molecular weight is 1010 g/mol. The van der Waals surface area contributed by atoms with Crippen LogP contribution in [0.3, 0.4) is 0 Å². The number of allylic oxidation sites excluding steroid dienone is 3. The smallest absolute Gasteiger partial charge is 0.305 e. The van der Waals surface area contributed by atoms with Gasteiger partial charge < -0.3 is 20.3 Å². The second kappa shape index (κ2) is 61.9. The summed E-state index contributed by atoms with van der Waals surface area (Å²) in [7, 11) is 0. The van der Waals surface area contributed by atoms with Crippen LogP contribution in [-0.4, -0.2) is 47.4 Å². The number of carbonyl (C=O) groups excluding carboxylic acids is 2. The molecule has 6 nitrogen and oxygen atoms in total. The van der Waals surface area contributed by atoms with Crippen LogP contribution >= 0.6 is 0 Å². The molecule has 426 valence electrons. The van der Waals surface area contributed by atoms with E-state index in [1.165, 1.54) is 295 Å². The molecule has 0 bridgehead atoms. The maximum absolute atomic E-state index is 12.4. The number of amides is 1. The highest BCUT2D eigenvalue weighted by atomic mass is 16.5. The van der Waals surface area contributed by atoms with E-state index in [0.29, 0.717) is 19.4 Å². The first-order valence-corrected chi connectivity index (χ1v) is 32.6. The molecular formula is C66H127NO5. The van der Waals surface area contributed by atoms with E-state index in [-0.39, 0.29) is 18.5 Å². The predicted octanol–water partition coefficient (Wildman–Crippen LogP) is 20.6. The molecular weight excluding hydrogens is 887 g/mol. The van der Waals surface area contributed by atoms with Crippen molar-refractivity contribution >= 4 is 11.9 Å². The normalized spacial score (nSPS) is 12.7. The van der Waals surface area contributed by atoms with E-state index in [1.54, 1.807) is 6.08 Å². The van der Waals surface area contributed by atoms with Crippen LogP contribution in [0.5, 0.6) is 0 Å². The number of esters is 1. The highest BCUT2D eigenvalue weighted by molar-refractivity contribution is 5.76. The van der Waals surface area contributed by atoms with Crippen molar-refractivity contribution in [1.82, 2.24) is 5.32 Å². The molecule has 0 radical (unpaired) electrons. The Kier molecular flexibility index (Phi) is 60.5. The highest BCUT2D eigenvalue weighted by Crippen LogP contribution is 2.18.